The monoisotopic (exact) mass is 426 g/mol. The molecule has 2 aromatic rings. The van der Waals surface area contributed by atoms with Crippen LogP contribution in [0, 0.1) is 5.82 Å². The van der Waals surface area contributed by atoms with Gasteiger partial charge >= 0.3 is 0 Å². The van der Waals surface area contributed by atoms with Gasteiger partial charge in [0.2, 0.25) is 0 Å². The summed E-state index contributed by atoms with van der Waals surface area (Å²) in [7, 11) is 0. The van der Waals surface area contributed by atoms with E-state index in [-0.39, 0.29) is 22.8 Å². The molecule has 1 aliphatic rings. The fraction of sp³-hybridized carbons (Fsp3) is 0.368. The lowest BCUT2D eigenvalue weighted by molar-refractivity contribution is 0.0986. The zero-order chi connectivity index (χ0) is 21.3. The van der Waals surface area contributed by atoms with Gasteiger partial charge in [-0.3, -0.25) is 9.78 Å². The summed E-state index contributed by atoms with van der Waals surface area (Å²) in [6, 6.07) is 3.90. The Morgan fingerprint density at radius 1 is 1.31 bits per heavy atom. The molecule has 1 aliphatic heterocycles. The van der Waals surface area contributed by atoms with E-state index in [1.165, 1.54) is 19.1 Å². The average molecular weight is 426 g/mol. The van der Waals surface area contributed by atoms with Crippen LogP contribution in [0.1, 0.15) is 47.6 Å². The standard InChI is InChI=1S/C19H18F4N4OS/c1-9-16(21)19(2,27-18(24)29-9)11-5-10(3-4-12(11)20)6-15(28)13-7-26-14(8-25-13)17(22)23/h3-5,7-9,16-17H,6H2,1-2H3,(H2,24,27)/t9-,16+,19-/m1/s1. The Morgan fingerprint density at radius 3 is 2.66 bits per heavy atom. The number of rotatable bonds is 5. The zero-order valence-electron chi connectivity index (χ0n) is 15.6. The van der Waals surface area contributed by atoms with Crippen LogP contribution in [-0.4, -0.2) is 32.3 Å². The Labute approximate surface area is 168 Å². The van der Waals surface area contributed by atoms with Gasteiger partial charge < -0.3 is 5.73 Å². The fourth-order valence-electron chi connectivity index (χ4n) is 3.17. The molecule has 0 bridgehead atoms. The van der Waals surface area contributed by atoms with Gasteiger partial charge in [-0.25, -0.2) is 27.5 Å². The summed E-state index contributed by atoms with van der Waals surface area (Å²) < 4.78 is 54.6. The van der Waals surface area contributed by atoms with E-state index < -0.39 is 40.7 Å². The lowest BCUT2D eigenvalue weighted by Gasteiger charge is -2.37. The van der Waals surface area contributed by atoms with E-state index >= 15 is 0 Å². The molecule has 0 saturated carbocycles. The van der Waals surface area contributed by atoms with Crippen molar-refractivity contribution < 1.29 is 22.4 Å². The number of aromatic nitrogens is 2. The van der Waals surface area contributed by atoms with Crippen molar-refractivity contribution in [3.63, 3.8) is 0 Å². The first kappa shape index (κ1) is 21.2. The number of carbonyl (C=O) groups is 1. The molecule has 29 heavy (non-hydrogen) atoms. The van der Waals surface area contributed by atoms with E-state index in [1.54, 1.807) is 6.92 Å². The highest BCUT2D eigenvalue weighted by molar-refractivity contribution is 8.14. The Hall–Kier alpha value is -2.49. The van der Waals surface area contributed by atoms with Gasteiger partial charge in [-0.05, 0) is 31.5 Å². The van der Waals surface area contributed by atoms with E-state index in [0.29, 0.717) is 5.56 Å². The fourth-order valence-corrected chi connectivity index (χ4v) is 4.18. The third kappa shape index (κ3) is 4.26. The predicted octanol–water partition coefficient (Wildman–Crippen LogP) is 3.98. The first-order chi connectivity index (χ1) is 13.6. The summed E-state index contributed by atoms with van der Waals surface area (Å²) in [5, 5.41) is -0.366. The average Bonchev–Trinajstić information content (AvgIpc) is 2.67. The van der Waals surface area contributed by atoms with Crippen LogP contribution < -0.4 is 5.73 Å². The third-order valence-corrected chi connectivity index (χ3v) is 5.66. The molecule has 154 valence electrons. The molecule has 0 saturated heterocycles. The molecular weight excluding hydrogens is 408 g/mol. The number of thioether (sulfide) groups is 1. The van der Waals surface area contributed by atoms with Crippen molar-refractivity contribution in [3.8, 4) is 0 Å². The molecule has 3 rings (SSSR count). The summed E-state index contributed by atoms with van der Waals surface area (Å²) in [6.07, 6.45) is -2.66. The lowest BCUT2D eigenvalue weighted by atomic mass is 9.84. The van der Waals surface area contributed by atoms with E-state index in [1.807, 2.05) is 0 Å². The number of ketones is 1. The number of aliphatic imine (C=N–C) groups is 1. The highest BCUT2D eigenvalue weighted by Crippen LogP contribution is 2.42. The number of alkyl halides is 3. The van der Waals surface area contributed by atoms with Crippen molar-refractivity contribution in [1.82, 2.24) is 9.97 Å². The molecule has 3 atom stereocenters. The smallest absolute Gasteiger partial charge is 0.281 e. The van der Waals surface area contributed by atoms with E-state index in [9.17, 15) is 22.4 Å². The summed E-state index contributed by atoms with van der Waals surface area (Å²) in [4.78, 5) is 23.8. The van der Waals surface area contributed by atoms with Gasteiger partial charge in [-0.2, -0.15) is 0 Å². The topological polar surface area (TPSA) is 81.2 Å². The maximum Gasteiger partial charge on any atom is 0.281 e. The minimum absolute atomic E-state index is 0.00969. The first-order valence-electron chi connectivity index (χ1n) is 8.70. The van der Waals surface area contributed by atoms with Crippen LogP contribution in [0.3, 0.4) is 0 Å². The molecule has 0 fully saturated rings. The van der Waals surface area contributed by atoms with Crippen LogP contribution in [0.4, 0.5) is 17.6 Å². The van der Waals surface area contributed by atoms with Gasteiger partial charge in [0, 0.05) is 17.2 Å². The minimum atomic E-state index is -2.79. The van der Waals surface area contributed by atoms with Crippen LogP contribution in [0.2, 0.25) is 0 Å². The van der Waals surface area contributed by atoms with E-state index in [0.717, 1.165) is 30.2 Å². The van der Waals surface area contributed by atoms with Gasteiger partial charge in [0.05, 0.1) is 12.4 Å². The number of hydrogen-bond acceptors (Lipinski definition) is 6. The van der Waals surface area contributed by atoms with Gasteiger partial charge in [-0.15, -0.1) is 0 Å². The van der Waals surface area contributed by atoms with Crippen molar-refractivity contribution in [2.45, 2.75) is 43.7 Å². The first-order valence-corrected chi connectivity index (χ1v) is 9.58. The molecule has 0 spiro atoms. The molecule has 1 aromatic heterocycles. The van der Waals surface area contributed by atoms with E-state index in [4.69, 9.17) is 5.73 Å². The molecule has 10 heteroatoms. The molecule has 0 amide bonds. The van der Waals surface area contributed by atoms with Crippen molar-refractivity contribution in [2.24, 2.45) is 10.7 Å². The summed E-state index contributed by atoms with van der Waals surface area (Å²) in [5.41, 5.74) is 4.01. The van der Waals surface area contributed by atoms with Crippen molar-refractivity contribution in [1.29, 1.82) is 0 Å². The normalized spacial score (nSPS) is 24.4. The second-order valence-electron chi connectivity index (χ2n) is 6.86. The number of amidine groups is 1. The van der Waals surface area contributed by atoms with Crippen LogP contribution in [0.15, 0.2) is 35.6 Å². The Kier molecular flexibility index (Phi) is 5.92. The number of nitrogens with zero attached hydrogens (tertiary/aromatic N) is 3. The molecule has 2 heterocycles. The highest BCUT2D eigenvalue weighted by atomic mass is 32.2. The van der Waals surface area contributed by atoms with Gasteiger partial charge in [0.15, 0.2) is 11.0 Å². The molecule has 1 aromatic carbocycles. The minimum Gasteiger partial charge on any atom is -0.379 e. The Morgan fingerprint density at radius 2 is 2.03 bits per heavy atom. The van der Waals surface area contributed by atoms with Crippen molar-refractivity contribution in [3.05, 3.63) is 58.9 Å². The molecule has 0 radical (unpaired) electrons. The molecule has 0 unspecified atom stereocenters. The van der Waals surface area contributed by atoms with Gasteiger partial charge in [0.25, 0.3) is 6.43 Å². The van der Waals surface area contributed by atoms with Crippen molar-refractivity contribution in [2.75, 3.05) is 0 Å². The predicted molar refractivity (Wildman–Crippen MR) is 102 cm³/mol. The maximum atomic E-state index is 14.9. The SMILES string of the molecule is C[C@H]1SC(N)=N[C@](C)(c2cc(CC(=O)c3cnc(C(F)F)cn3)ccc2F)[C@H]1F. The van der Waals surface area contributed by atoms with Crippen LogP contribution in [0.5, 0.6) is 0 Å². The summed E-state index contributed by atoms with van der Waals surface area (Å²) in [6.45, 7) is 3.10. The molecule has 0 aliphatic carbocycles. The summed E-state index contributed by atoms with van der Waals surface area (Å²) in [5.74, 6) is -1.16. The molecule has 5 nitrogen and oxygen atoms in total. The van der Waals surface area contributed by atoms with Gasteiger partial charge in [-0.1, -0.05) is 17.8 Å². The Balaban J connectivity index is 1.89. The van der Waals surface area contributed by atoms with Crippen LogP contribution in [-0.2, 0) is 12.0 Å². The number of hydrogen-bond donors (Lipinski definition) is 1. The third-order valence-electron chi connectivity index (χ3n) is 4.72. The van der Waals surface area contributed by atoms with E-state index in [2.05, 4.69) is 15.0 Å². The van der Waals surface area contributed by atoms with Crippen molar-refractivity contribution >= 4 is 22.7 Å². The number of nitrogens with two attached hydrogens (primary N) is 1. The number of Topliss-reactive ketones (excluding diaryl/α,β-unsaturated/α-hetero) is 1. The number of halogens is 4. The summed E-state index contributed by atoms with van der Waals surface area (Å²) >= 11 is 1.07. The largest absolute Gasteiger partial charge is 0.379 e. The second kappa shape index (κ2) is 8.10. The number of benzene rings is 1. The zero-order valence-corrected chi connectivity index (χ0v) is 16.4. The second-order valence-corrected chi connectivity index (χ2v) is 8.26. The quantitative estimate of drug-likeness (QED) is 0.578. The maximum absolute atomic E-state index is 14.9. The Bertz CT molecular complexity index is 954. The number of carbonyl (C=O) groups excluding carboxylic acids is 1. The lowest BCUT2D eigenvalue weighted by Crippen LogP contribution is -2.44. The van der Waals surface area contributed by atoms with Crippen LogP contribution >= 0.6 is 11.8 Å². The molecular formula is C19H18F4N4OS. The highest BCUT2D eigenvalue weighted by Gasteiger charge is 2.45. The van der Waals surface area contributed by atoms with Crippen LogP contribution in [0.25, 0.3) is 0 Å². The van der Waals surface area contributed by atoms with Gasteiger partial charge in [0.1, 0.15) is 28.9 Å². The molecule has 2 N–H and O–H groups in total.